The number of nitrogens with zero attached hydrogens (tertiary/aromatic N) is 1. The van der Waals surface area contributed by atoms with E-state index in [1.165, 1.54) is 11.3 Å². The smallest absolute Gasteiger partial charge is 0.242 e. The maximum absolute atomic E-state index is 11.7. The molecular weight excluding hydrogens is 224 g/mol. The first-order chi connectivity index (χ1) is 7.76. The van der Waals surface area contributed by atoms with Crippen LogP contribution in [0, 0.1) is 0 Å². The number of anilines is 1. The highest BCUT2D eigenvalue weighted by atomic mass is 32.1. The van der Waals surface area contributed by atoms with Gasteiger partial charge in [0, 0.05) is 13.6 Å². The second kappa shape index (κ2) is 4.65. The fourth-order valence-corrected chi connectivity index (χ4v) is 2.93. The van der Waals surface area contributed by atoms with Crippen LogP contribution < -0.4 is 10.2 Å². The average molecular weight is 238 g/mol. The lowest BCUT2D eigenvalue weighted by Crippen LogP contribution is -2.41. The summed E-state index contributed by atoms with van der Waals surface area (Å²) < 4.78 is 0. The first-order valence-corrected chi connectivity index (χ1v) is 6.11. The van der Waals surface area contributed by atoms with E-state index in [1.807, 2.05) is 6.07 Å². The maximum atomic E-state index is 11.7. The van der Waals surface area contributed by atoms with Crippen LogP contribution in [-0.4, -0.2) is 31.8 Å². The van der Waals surface area contributed by atoms with Gasteiger partial charge in [-0.15, -0.1) is 11.3 Å². The summed E-state index contributed by atoms with van der Waals surface area (Å²) in [5.41, 5.74) is 0. The molecule has 4 nitrogen and oxygen atoms in total. The van der Waals surface area contributed by atoms with E-state index in [2.05, 4.69) is 10.2 Å². The standard InChI is InChI=1S/C11H14N2O2S/c1-12-11(15)9-3-2-6-13(9)10-5-4-8(7-14)16-10/h4-5,7,9H,2-3,6H2,1H3,(H,12,15). The molecule has 0 aliphatic carbocycles. The van der Waals surface area contributed by atoms with Crippen molar-refractivity contribution in [2.24, 2.45) is 0 Å². The van der Waals surface area contributed by atoms with Crippen LogP contribution in [-0.2, 0) is 4.79 Å². The molecule has 16 heavy (non-hydrogen) atoms. The van der Waals surface area contributed by atoms with Crippen LogP contribution in [0.3, 0.4) is 0 Å². The number of aldehydes is 1. The molecule has 2 heterocycles. The minimum absolute atomic E-state index is 0.0542. The lowest BCUT2D eigenvalue weighted by Gasteiger charge is -2.23. The number of hydrogen-bond donors (Lipinski definition) is 1. The normalized spacial score (nSPS) is 19.8. The van der Waals surface area contributed by atoms with Gasteiger partial charge in [-0.05, 0) is 25.0 Å². The molecule has 0 radical (unpaired) electrons. The minimum atomic E-state index is -0.0804. The predicted octanol–water partition coefficient (Wildman–Crippen LogP) is 1.28. The highest BCUT2D eigenvalue weighted by Gasteiger charge is 2.30. The van der Waals surface area contributed by atoms with E-state index in [4.69, 9.17) is 0 Å². The minimum Gasteiger partial charge on any atom is -0.357 e. The Kier molecular flexibility index (Phi) is 3.24. The van der Waals surface area contributed by atoms with Crippen LogP contribution >= 0.6 is 11.3 Å². The van der Waals surface area contributed by atoms with E-state index in [0.29, 0.717) is 4.88 Å². The van der Waals surface area contributed by atoms with Gasteiger partial charge >= 0.3 is 0 Å². The Balaban J connectivity index is 2.19. The van der Waals surface area contributed by atoms with Crippen molar-refractivity contribution in [3.63, 3.8) is 0 Å². The Morgan fingerprint density at radius 3 is 3.06 bits per heavy atom. The van der Waals surface area contributed by atoms with Crippen LogP contribution in [0.2, 0.25) is 0 Å². The number of amides is 1. The second-order valence-corrected chi connectivity index (χ2v) is 4.85. The number of thiophene rings is 1. The van der Waals surface area contributed by atoms with Gasteiger partial charge in [0.1, 0.15) is 6.04 Å². The molecular formula is C11H14N2O2S. The third-order valence-corrected chi connectivity index (χ3v) is 3.86. The van der Waals surface area contributed by atoms with E-state index in [0.717, 1.165) is 30.7 Å². The van der Waals surface area contributed by atoms with Crippen LogP contribution in [0.5, 0.6) is 0 Å². The summed E-state index contributed by atoms with van der Waals surface area (Å²) >= 11 is 1.44. The van der Waals surface area contributed by atoms with Gasteiger partial charge in [0.2, 0.25) is 5.91 Å². The van der Waals surface area contributed by atoms with Gasteiger partial charge in [0.25, 0.3) is 0 Å². The van der Waals surface area contributed by atoms with Gasteiger partial charge < -0.3 is 10.2 Å². The molecule has 0 bridgehead atoms. The number of hydrogen-bond acceptors (Lipinski definition) is 4. The summed E-state index contributed by atoms with van der Waals surface area (Å²) in [5, 5.41) is 3.69. The molecule has 0 spiro atoms. The van der Waals surface area contributed by atoms with Crippen LogP contribution in [0.15, 0.2) is 12.1 Å². The highest BCUT2D eigenvalue weighted by molar-refractivity contribution is 7.17. The van der Waals surface area contributed by atoms with Gasteiger partial charge in [-0.3, -0.25) is 9.59 Å². The van der Waals surface area contributed by atoms with Crippen LogP contribution in [0.25, 0.3) is 0 Å². The second-order valence-electron chi connectivity index (χ2n) is 3.76. The summed E-state index contributed by atoms with van der Waals surface area (Å²) in [4.78, 5) is 25.1. The first-order valence-electron chi connectivity index (χ1n) is 5.29. The topological polar surface area (TPSA) is 49.4 Å². The van der Waals surface area contributed by atoms with Crippen molar-refractivity contribution < 1.29 is 9.59 Å². The molecule has 2 rings (SSSR count). The van der Waals surface area contributed by atoms with E-state index >= 15 is 0 Å². The number of likely N-dealkylation sites (N-methyl/N-ethyl adjacent to an activating group) is 1. The Hall–Kier alpha value is -1.36. The summed E-state index contributed by atoms with van der Waals surface area (Å²) in [7, 11) is 1.66. The number of carbonyl (C=O) groups excluding carboxylic acids is 2. The molecule has 1 atom stereocenters. The Morgan fingerprint density at radius 1 is 1.62 bits per heavy atom. The van der Waals surface area contributed by atoms with Crippen molar-refractivity contribution in [3.05, 3.63) is 17.0 Å². The largest absolute Gasteiger partial charge is 0.357 e. The molecule has 1 fully saturated rings. The van der Waals surface area contributed by atoms with Gasteiger partial charge in [-0.1, -0.05) is 0 Å². The van der Waals surface area contributed by atoms with E-state index in [-0.39, 0.29) is 11.9 Å². The van der Waals surface area contributed by atoms with Gasteiger partial charge in [-0.2, -0.15) is 0 Å². The molecule has 1 aromatic heterocycles. The van der Waals surface area contributed by atoms with E-state index in [9.17, 15) is 9.59 Å². The summed E-state index contributed by atoms with van der Waals surface area (Å²) in [6.07, 6.45) is 2.75. The van der Waals surface area contributed by atoms with Crippen LogP contribution in [0.4, 0.5) is 5.00 Å². The fourth-order valence-electron chi connectivity index (χ4n) is 2.03. The van der Waals surface area contributed by atoms with Gasteiger partial charge in [-0.25, -0.2) is 0 Å². The molecule has 1 aliphatic heterocycles. The van der Waals surface area contributed by atoms with Crippen molar-refractivity contribution in [1.82, 2.24) is 5.32 Å². The third-order valence-electron chi connectivity index (χ3n) is 2.81. The molecule has 0 aromatic carbocycles. The molecule has 1 saturated heterocycles. The van der Waals surface area contributed by atoms with Crippen LogP contribution in [0.1, 0.15) is 22.5 Å². The molecule has 1 N–H and O–H groups in total. The van der Waals surface area contributed by atoms with E-state index in [1.54, 1.807) is 13.1 Å². The summed E-state index contributed by atoms with van der Waals surface area (Å²) in [6, 6.07) is 3.63. The van der Waals surface area contributed by atoms with Gasteiger partial charge in [0.15, 0.2) is 6.29 Å². The monoisotopic (exact) mass is 238 g/mol. The van der Waals surface area contributed by atoms with Crippen molar-refractivity contribution >= 4 is 28.5 Å². The molecule has 5 heteroatoms. The average Bonchev–Trinajstić information content (AvgIpc) is 2.95. The summed E-state index contributed by atoms with van der Waals surface area (Å²) in [6.45, 7) is 0.886. The predicted molar refractivity (Wildman–Crippen MR) is 64.1 cm³/mol. The lowest BCUT2D eigenvalue weighted by atomic mass is 10.2. The first kappa shape index (κ1) is 11.1. The zero-order valence-corrected chi connectivity index (χ0v) is 9.92. The zero-order valence-electron chi connectivity index (χ0n) is 9.10. The molecule has 86 valence electrons. The quantitative estimate of drug-likeness (QED) is 0.807. The Bertz CT molecular complexity index is 402. The Labute approximate surface area is 98.3 Å². The number of rotatable bonds is 3. The molecule has 1 aromatic rings. The van der Waals surface area contributed by atoms with E-state index < -0.39 is 0 Å². The lowest BCUT2D eigenvalue weighted by molar-refractivity contribution is -0.121. The van der Waals surface area contributed by atoms with Crippen molar-refractivity contribution in [2.45, 2.75) is 18.9 Å². The molecule has 0 saturated carbocycles. The van der Waals surface area contributed by atoms with Crippen molar-refractivity contribution in [3.8, 4) is 0 Å². The molecule has 1 amide bonds. The Morgan fingerprint density at radius 2 is 2.44 bits per heavy atom. The highest BCUT2D eigenvalue weighted by Crippen LogP contribution is 2.31. The SMILES string of the molecule is CNC(=O)C1CCCN1c1ccc(C=O)s1. The molecule has 1 unspecified atom stereocenters. The third kappa shape index (κ3) is 1.95. The molecule has 1 aliphatic rings. The fraction of sp³-hybridized carbons (Fsp3) is 0.455. The zero-order chi connectivity index (χ0) is 11.5. The van der Waals surface area contributed by atoms with Crippen molar-refractivity contribution in [2.75, 3.05) is 18.5 Å². The summed E-state index contributed by atoms with van der Waals surface area (Å²) in [5.74, 6) is 0.0542. The maximum Gasteiger partial charge on any atom is 0.242 e. The number of nitrogens with one attached hydrogen (secondary N) is 1. The van der Waals surface area contributed by atoms with Gasteiger partial charge in [0.05, 0.1) is 9.88 Å². The van der Waals surface area contributed by atoms with Crippen molar-refractivity contribution in [1.29, 1.82) is 0 Å². The number of carbonyl (C=O) groups is 2.